The molecule has 0 amide bonds. The number of hydrogen-bond acceptors (Lipinski definition) is 6. The Balaban J connectivity index is 2.08. The van der Waals surface area contributed by atoms with Crippen molar-refractivity contribution in [3.05, 3.63) is 47.5 Å². The fourth-order valence-electron chi connectivity index (χ4n) is 4.17. The molecule has 194 valence electrons. The second kappa shape index (κ2) is 13.7. The minimum Gasteiger partial charge on any atom is -0.481 e. The molecule has 3 aromatic rings. The van der Waals surface area contributed by atoms with Crippen LogP contribution in [0.5, 0.6) is 11.5 Å². The van der Waals surface area contributed by atoms with Gasteiger partial charge in [-0.2, -0.15) is 0 Å². The highest BCUT2D eigenvalue weighted by Gasteiger charge is 2.21. The van der Waals surface area contributed by atoms with Crippen molar-refractivity contribution in [3.63, 3.8) is 0 Å². The molecule has 6 nitrogen and oxygen atoms in total. The van der Waals surface area contributed by atoms with Crippen LogP contribution in [0.3, 0.4) is 0 Å². The molecule has 0 spiro atoms. The van der Waals surface area contributed by atoms with Gasteiger partial charge in [-0.1, -0.05) is 70.9 Å². The Morgan fingerprint density at radius 1 is 0.694 bits per heavy atom. The predicted molar refractivity (Wildman–Crippen MR) is 143 cm³/mol. The molecule has 0 aliphatic heterocycles. The van der Waals surface area contributed by atoms with Crippen LogP contribution >= 0.6 is 0 Å². The van der Waals surface area contributed by atoms with Gasteiger partial charge in [0, 0.05) is 21.5 Å². The summed E-state index contributed by atoms with van der Waals surface area (Å²) in [5.74, 6) is 0.471. The first-order valence-electron chi connectivity index (χ1n) is 13.1. The van der Waals surface area contributed by atoms with Crippen molar-refractivity contribution in [2.24, 2.45) is 0 Å². The lowest BCUT2D eigenvalue weighted by Crippen LogP contribution is -2.17. The van der Waals surface area contributed by atoms with Gasteiger partial charge in [0.2, 0.25) is 0 Å². The number of fused-ring (bicyclic) bond motifs is 2. The van der Waals surface area contributed by atoms with Crippen LogP contribution in [0, 0.1) is 0 Å². The fraction of sp³-hybridized carbons (Fsp3) is 0.467. The van der Waals surface area contributed by atoms with Gasteiger partial charge in [-0.25, -0.2) is 9.59 Å². The maximum Gasteiger partial charge on any atom is 0.344 e. The van der Waals surface area contributed by atoms with Gasteiger partial charge in [-0.05, 0) is 42.9 Å². The van der Waals surface area contributed by atoms with Crippen LogP contribution in [-0.2, 0) is 31.9 Å². The van der Waals surface area contributed by atoms with Crippen LogP contribution < -0.4 is 9.47 Å². The van der Waals surface area contributed by atoms with Gasteiger partial charge in [-0.3, -0.25) is 0 Å². The first kappa shape index (κ1) is 27.3. The topological polar surface area (TPSA) is 71.1 Å². The van der Waals surface area contributed by atoms with Crippen molar-refractivity contribution in [3.8, 4) is 11.5 Å². The molecule has 0 bridgehead atoms. The van der Waals surface area contributed by atoms with Gasteiger partial charge in [0.25, 0.3) is 0 Å². The first-order chi connectivity index (χ1) is 17.5. The van der Waals surface area contributed by atoms with Gasteiger partial charge in [0.15, 0.2) is 13.2 Å². The summed E-state index contributed by atoms with van der Waals surface area (Å²) in [6.45, 7) is 8.73. The van der Waals surface area contributed by atoms with Crippen LogP contribution in [0.1, 0.15) is 64.5 Å². The lowest BCUT2D eigenvalue weighted by Gasteiger charge is -2.20. The summed E-state index contributed by atoms with van der Waals surface area (Å²) < 4.78 is 22.9. The number of hydrogen-bond donors (Lipinski definition) is 0. The average Bonchev–Trinajstić information content (AvgIpc) is 2.90. The summed E-state index contributed by atoms with van der Waals surface area (Å²) in [4.78, 5) is 24.7. The Kier molecular flexibility index (Phi) is 10.4. The number of rotatable bonds is 14. The van der Waals surface area contributed by atoms with Crippen LogP contribution in [-0.4, -0.2) is 38.4 Å². The van der Waals surface area contributed by atoms with Gasteiger partial charge in [0.05, 0.1) is 13.2 Å². The Labute approximate surface area is 213 Å². The minimum atomic E-state index is -0.391. The number of ether oxygens (including phenoxy) is 4. The Morgan fingerprint density at radius 2 is 1.25 bits per heavy atom. The third-order valence-electron chi connectivity index (χ3n) is 6.15. The summed E-state index contributed by atoms with van der Waals surface area (Å²) in [5.41, 5.74) is 2.26. The van der Waals surface area contributed by atoms with Crippen molar-refractivity contribution in [2.75, 3.05) is 26.4 Å². The van der Waals surface area contributed by atoms with Crippen molar-refractivity contribution >= 4 is 33.5 Å². The van der Waals surface area contributed by atoms with E-state index in [1.165, 1.54) is 0 Å². The summed E-state index contributed by atoms with van der Waals surface area (Å²) in [6.07, 6.45) is 5.19. The Bertz CT molecular complexity index is 1180. The van der Waals surface area contributed by atoms with Crippen LogP contribution in [0.15, 0.2) is 36.4 Å². The van der Waals surface area contributed by atoms with E-state index in [4.69, 9.17) is 18.9 Å². The molecule has 0 radical (unpaired) electrons. The van der Waals surface area contributed by atoms with Crippen LogP contribution in [0.4, 0.5) is 0 Å². The number of esters is 2. The molecule has 6 heteroatoms. The molecule has 0 fully saturated rings. The molecule has 0 saturated heterocycles. The van der Waals surface area contributed by atoms with Crippen molar-refractivity contribution in [1.29, 1.82) is 0 Å². The molecule has 0 unspecified atom stereocenters. The zero-order valence-electron chi connectivity index (χ0n) is 22.0. The van der Waals surface area contributed by atoms with E-state index in [0.29, 0.717) is 24.7 Å². The maximum absolute atomic E-state index is 12.3. The predicted octanol–water partition coefficient (Wildman–Crippen LogP) is 6.56. The van der Waals surface area contributed by atoms with E-state index in [-0.39, 0.29) is 19.2 Å². The largest absolute Gasteiger partial charge is 0.481 e. The Hall–Kier alpha value is -3.28. The smallest absolute Gasteiger partial charge is 0.344 e. The number of benzene rings is 3. The van der Waals surface area contributed by atoms with E-state index in [2.05, 4.69) is 26.0 Å². The number of carbonyl (C=O) groups is 2. The van der Waals surface area contributed by atoms with E-state index >= 15 is 0 Å². The summed E-state index contributed by atoms with van der Waals surface area (Å²) in [7, 11) is 0. The highest BCUT2D eigenvalue weighted by molar-refractivity contribution is 6.12. The molecule has 36 heavy (non-hydrogen) atoms. The Morgan fingerprint density at radius 3 is 1.78 bits per heavy atom. The molecule has 0 N–H and O–H groups in total. The van der Waals surface area contributed by atoms with Gasteiger partial charge >= 0.3 is 11.9 Å². The van der Waals surface area contributed by atoms with Crippen molar-refractivity contribution in [1.82, 2.24) is 0 Å². The molecule has 0 heterocycles. The quantitative estimate of drug-likeness (QED) is 0.144. The molecule has 0 aliphatic carbocycles. The number of aryl methyl sites for hydroxylation is 2. The van der Waals surface area contributed by atoms with Gasteiger partial charge in [-0.15, -0.1) is 0 Å². The third-order valence-corrected chi connectivity index (χ3v) is 6.15. The van der Waals surface area contributed by atoms with E-state index in [9.17, 15) is 9.59 Å². The molecule has 0 aromatic heterocycles. The highest BCUT2D eigenvalue weighted by Crippen LogP contribution is 2.45. The van der Waals surface area contributed by atoms with E-state index in [1.807, 2.05) is 38.1 Å². The monoisotopic (exact) mass is 494 g/mol. The minimum absolute atomic E-state index is 0.175. The van der Waals surface area contributed by atoms with E-state index < -0.39 is 5.97 Å². The highest BCUT2D eigenvalue weighted by atomic mass is 16.6. The SMILES string of the molecule is CCCCOC(=O)COc1c2ccccc2c(OCC(=O)OCCCC)c2c(CC)cc(CC)cc12. The summed E-state index contributed by atoms with van der Waals surface area (Å²) >= 11 is 0. The first-order valence-corrected chi connectivity index (χ1v) is 13.1. The van der Waals surface area contributed by atoms with Crippen molar-refractivity contribution < 1.29 is 28.5 Å². The zero-order valence-corrected chi connectivity index (χ0v) is 22.0. The maximum atomic E-state index is 12.3. The molecular weight excluding hydrogens is 456 g/mol. The molecule has 3 rings (SSSR count). The average molecular weight is 495 g/mol. The second-order valence-corrected chi connectivity index (χ2v) is 8.81. The van der Waals surface area contributed by atoms with E-state index in [1.54, 1.807) is 0 Å². The van der Waals surface area contributed by atoms with Gasteiger partial charge in [0.1, 0.15) is 11.5 Å². The summed E-state index contributed by atoms with van der Waals surface area (Å²) in [6, 6.07) is 12.0. The molecule has 0 aliphatic rings. The lowest BCUT2D eigenvalue weighted by molar-refractivity contribution is -0.146. The second-order valence-electron chi connectivity index (χ2n) is 8.81. The van der Waals surface area contributed by atoms with Crippen LogP contribution in [0.2, 0.25) is 0 Å². The van der Waals surface area contributed by atoms with Crippen LogP contribution in [0.25, 0.3) is 21.5 Å². The van der Waals surface area contributed by atoms with Crippen molar-refractivity contribution in [2.45, 2.75) is 66.2 Å². The summed E-state index contributed by atoms with van der Waals surface area (Å²) in [5, 5.41) is 3.39. The molecule has 0 saturated carbocycles. The standard InChI is InChI=1S/C30H38O6/c1-5-9-15-33-26(31)19-35-29-23-13-11-12-14-24(23)30(36-20-27(32)34-16-10-6-2)28-22(8-4)17-21(7-3)18-25(28)29/h11-14,17-18H,5-10,15-16,19-20H2,1-4H3. The zero-order chi connectivity index (χ0) is 25.9. The third kappa shape index (κ3) is 6.68. The molecule has 0 atom stereocenters. The normalized spacial score (nSPS) is 11.0. The lowest BCUT2D eigenvalue weighted by atomic mass is 9.93. The number of carbonyl (C=O) groups excluding carboxylic acids is 2. The molecule has 3 aromatic carbocycles. The van der Waals surface area contributed by atoms with E-state index in [0.717, 1.165) is 71.2 Å². The fourth-order valence-corrected chi connectivity index (χ4v) is 4.17. The molecular formula is C30H38O6. The number of unbranched alkanes of at least 4 members (excludes halogenated alkanes) is 2. The van der Waals surface area contributed by atoms with Gasteiger partial charge < -0.3 is 18.9 Å².